The molecular weight excluding hydrogens is 408 g/mol. The van der Waals surface area contributed by atoms with Crippen molar-refractivity contribution in [3.05, 3.63) is 83.4 Å². The van der Waals surface area contributed by atoms with Crippen LogP contribution in [0.1, 0.15) is 44.6 Å². The molecule has 162 valence electrons. The molecule has 0 unspecified atom stereocenters. The van der Waals surface area contributed by atoms with Crippen LogP contribution in [-0.2, 0) is 22.0 Å². The Bertz CT molecular complexity index is 1250. The van der Waals surface area contributed by atoms with Crippen LogP contribution in [-0.4, -0.2) is 45.9 Å². The van der Waals surface area contributed by atoms with Crippen LogP contribution >= 0.6 is 0 Å². The van der Waals surface area contributed by atoms with Gasteiger partial charge in [-0.15, -0.1) is 0 Å². The van der Waals surface area contributed by atoms with Crippen molar-refractivity contribution in [1.82, 2.24) is 14.5 Å². The summed E-state index contributed by atoms with van der Waals surface area (Å²) in [4.78, 5) is 45.7. The van der Waals surface area contributed by atoms with Gasteiger partial charge >= 0.3 is 5.97 Å². The van der Waals surface area contributed by atoms with E-state index in [9.17, 15) is 14.4 Å². The first-order valence-electron chi connectivity index (χ1n) is 10.4. The second-order valence-corrected chi connectivity index (χ2v) is 8.06. The summed E-state index contributed by atoms with van der Waals surface area (Å²) in [5.74, 6) is -0.463. The lowest BCUT2D eigenvalue weighted by Crippen LogP contribution is -2.44. The van der Waals surface area contributed by atoms with Crippen molar-refractivity contribution in [3.63, 3.8) is 0 Å². The van der Waals surface area contributed by atoms with Crippen molar-refractivity contribution in [3.8, 4) is 0 Å². The fourth-order valence-electron chi connectivity index (χ4n) is 5.02. The molecule has 0 radical (unpaired) electrons. The van der Waals surface area contributed by atoms with E-state index in [1.54, 1.807) is 41.6 Å². The number of hydrogen-bond acceptors (Lipinski definition) is 5. The minimum atomic E-state index is -0.967. The summed E-state index contributed by atoms with van der Waals surface area (Å²) in [7, 11) is 3.13. The third-order valence-corrected chi connectivity index (χ3v) is 6.51. The Morgan fingerprint density at radius 3 is 2.56 bits per heavy atom. The number of likely N-dealkylation sites (tertiary alicyclic amines) is 1. The van der Waals surface area contributed by atoms with Crippen LogP contribution in [0.3, 0.4) is 0 Å². The van der Waals surface area contributed by atoms with Crippen LogP contribution in [0.15, 0.2) is 60.9 Å². The van der Waals surface area contributed by atoms with E-state index in [0.717, 1.165) is 11.3 Å². The molecule has 5 rings (SSSR count). The fraction of sp³-hybridized carbons (Fsp3) is 0.250. The highest BCUT2D eigenvalue weighted by Crippen LogP contribution is 2.54. The number of para-hydroxylation sites is 1. The lowest BCUT2D eigenvalue weighted by Gasteiger charge is -2.33. The Balaban J connectivity index is 1.67. The number of nitrogens with zero attached hydrogens (tertiary/aromatic N) is 3. The zero-order valence-corrected chi connectivity index (χ0v) is 17.7. The molecule has 1 spiro atoms. The molecule has 3 heterocycles. The number of esters is 1. The molecule has 2 aromatic carbocycles. The van der Waals surface area contributed by atoms with E-state index in [1.807, 2.05) is 35.9 Å². The number of nitrogens with one attached hydrogen (secondary N) is 1. The smallest absolute Gasteiger partial charge is 0.338 e. The molecule has 1 fully saturated rings. The van der Waals surface area contributed by atoms with Gasteiger partial charge < -0.3 is 19.5 Å². The molecule has 8 heteroatoms. The third kappa shape index (κ3) is 2.69. The highest BCUT2D eigenvalue weighted by atomic mass is 16.5. The van der Waals surface area contributed by atoms with Crippen molar-refractivity contribution >= 4 is 23.5 Å². The lowest BCUT2D eigenvalue weighted by atomic mass is 9.74. The van der Waals surface area contributed by atoms with Gasteiger partial charge in [-0.3, -0.25) is 9.59 Å². The van der Waals surface area contributed by atoms with E-state index < -0.39 is 17.4 Å². The van der Waals surface area contributed by atoms with Crippen LogP contribution in [0.2, 0.25) is 0 Å². The monoisotopic (exact) mass is 430 g/mol. The number of aryl methyl sites for hydroxylation is 1. The minimum Gasteiger partial charge on any atom is -0.465 e. The average Bonchev–Trinajstić information content (AvgIpc) is 3.49. The SMILES string of the molecule is COC(=O)c1ccccc1C(=O)N1CC[C@]2(C(=O)Nc3ccccc32)[C@@H]1c1nccn1C. The summed E-state index contributed by atoms with van der Waals surface area (Å²) in [6, 6.07) is 13.5. The van der Waals surface area contributed by atoms with E-state index in [4.69, 9.17) is 4.74 Å². The molecule has 2 amide bonds. The Kier molecular flexibility index (Phi) is 4.58. The molecule has 32 heavy (non-hydrogen) atoms. The lowest BCUT2D eigenvalue weighted by molar-refractivity contribution is -0.121. The summed E-state index contributed by atoms with van der Waals surface area (Å²) in [6.07, 6.45) is 3.90. The first-order chi connectivity index (χ1) is 15.5. The van der Waals surface area contributed by atoms with Gasteiger partial charge in [0.1, 0.15) is 17.3 Å². The van der Waals surface area contributed by atoms with E-state index in [-0.39, 0.29) is 22.9 Å². The van der Waals surface area contributed by atoms with Gasteiger partial charge in [-0.25, -0.2) is 9.78 Å². The molecular formula is C24H22N4O4. The van der Waals surface area contributed by atoms with Gasteiger partial charge in [0, 0.05) is 31.7 Å². The zero-order valence-electron chi connectivity index (χ0n) is 17.7. The maximum Gasteiger partial charge on any atom is 0.338 e. The summed E-state index contributed by atoms with van der Waals surface area (Å²) >= 11 is 0. The highest BCUT2D eigenvalue weighted by molar-refractivity contribution is 6.09. The van der Waals surface area contributed by atoms with Gasteiger partial charge in [0.05, 0.1) is 18.2 Å². The number of benzene rings is 2. The van der Waals surface area contributed by atoms with Gasteiger partial charge in [-0.2, -0.15) is 0 Å². The summed E-state index contributed by atoms with van der Waals surface area (Å²) in [5, 5.41) is 2.99. The molecule has 0 saturated carbocycles. The highest BCUT2D eigenvalue weighted by Gasteiger charge is 2.60. The first kappa shape index (κ1) is 20.0. The Hall–Kier alpha value is -3.94. The quantitative estimate of drug-likeness (QED) is 0.645. The molecule has 2 atom stereocenters. The predicted molar refractivity (Wildman–Crippen MR) is 116 cm³/mol. The first-order valence-corrected chi connectivity index (χ1v) is 10.4. The summed E-state index contributed by atoms with van der Waals surface area (Å²) < 4.78 is 6.71. The molecule has 1 saturated heterocycles. The van der Waals surface area contributed by atoms with Crippen molar-refractivity contribution in [1.29, 1.82) is 0 Å². The van der Waals surface area contributed by atoms with E-state index >= 15 is 0 Å². The van der Waals surface area contributed by atoms with Gasteiger partial charge in [0.25, 0.3) is 5.91 Å². The number of imidazole rings is 1. The number of anilines is 1. The molecule has 1 aromatic heterocycles. The van der Waals surface area contributed by atoms with Crippen molar-refractivity contribution < 1.29 is 19.1 Å². The molecule has 2 aliphatic rings. The van der Waals surface area contributed by atoms with Gasteiger partial charge in [0.2, 0.25) is 5.91 Å². The number of ether oxygens (including phenoxy) is 1. The van der Waals surface area contributed by atoms with Crippen LogP contribution in [0, 0.1) is 0 Å². The number of amides is 2. The Morgan fingerprint density at radius 1 is 1.12 bits per heavy atom. The molecule has 2 aliphatic heterocycles. The van der Waals surface area contributed by atoms with E-state index in [1.165, 1.54) is 7.11 Å². The van der Waals surface area contributed by atoms with Gasteiger partial charge in [-0.1, -0.05) is 30.3 Å². The number of fused-ring (bicyclic) bond motifs is 2. The second-order valence-electron chi connectivity index (χ2n) is 8.06. The van der Waals surface area contributed by atoms with Crippen molar-refractivity contribution in [2.24, 2.45) is 7.05 Å². The number of hydrogen-bond donors (Lipinski definition) is 1. The maximum absolute atomic E-state index is 13.8. The number of aromatic nitrogens is 2. The van der Waals surface area contributed by atoms with Crippen LogP contribution < -0.4 is 5.32 Å². The average molecular weight is 430 g/mol. The zero-order chi connectivity index (χ0) is 22.5. The third-order valence-electron chi connectivity index (χ3n) is 6.51. The standard InChI is InChI=1S/C24H22N4O4/c1-27-14-12-25-20(27)19-24(17-9-5-6-10-18(17)26-23(24)31)11-13-28(19)21(29)15-7-3-4-8-16(15)22(30)32-2/h3-10,12,14,19H,11,13H2,1-2H3,(H,26,31)/t19-,24+/m0/s1. The molecule has 1 N–H and O–H groups in total. The van der Waals surface area contributed by atoms with E-state index in [2.05, 4.69) is 10.3 Å². The molecule has 0 aliphatic carbocycles. The number of methoxy groups -OCH3 is 1. The predicted octanol–water partition coefficient (Wildman–Crippen LogP) is 2.68. The van der Waals surface area contributed by atoms with Crippen LogP contribution in [0.4, 0.5) is 5.69 Å². The Morgan fingerprint density at radius 2 is 1.84 bits per heavy atom. The number of carbonyl (C=O) groups is 3. The fourth-order valence-corrected chi connectivity index (χ4v) is 5.02. The normalized spacial score (nSPS) is 21.5. The van der Waals surface area contributed by atoms with Crippen LogP contribution in [0.25, 0.3) is 0 Å². The van der Waals surface area contributed by atoms with Crippen molar-refractivity contribution in [2.45, 2.75) is 17.9 Å². The van der Waals surface area contributed by atoms with E-state index in [0.29, 0.717) is 18.8 Å². The molecule has 0 bridgehead atoms. The van der Waals surface area contributed by atoms with Crippen LogP contribution in [0.5, 0.6) is 0 Å². The second kappa shape index (κ2) is 7.33. The van der Waals surface area contributed by atoms with Crippen molar-refractivity contribution in [2.75, 3.05) is 19.0 Å². The van der Waals surface area contributed by atoms with Gasteiger partial charge in [0.15, 0.2) is 0 Å². The topological polar surface area (TPSA) is 93.5 Å². The summed E-state index contributed by atoms with van der Waals surface area (Å²) in [6.45, 7) is 0.341. The summed E-state index contributed by atoms with van der Waals surface area (Å²) in [5.41, 5.74) is 1.07. The Labute approximate surface area is 184 Å². The maximum atomic E-state index is 13.8. The minimum absolute atomic E-state index is 0.150. The number of carbonyl (C=O) groups excluding carboxylic acids is 3. The molecule has 8 nitrogen and oxygen atoms in total. The van der Waals surface area contributed by atoms with Gasteiger partial charge in [-0.05, 0) is 30.2 Å². The molecule has 3 aromatic rings. The largest absolute Gasteiger partial charge is 0.465 e. The number of rotatable bonds is 3.